The first-order valence-electron chi connectivity index (χ1n) is 13.2. The Morgan fingerprint density at radius 3 is 2.76 bits per heavy atom. The van der Waals surface area contributed by atoms with Gasteiger partial charge < -0.3 is 14.6 Å². The number of aromatic amines is 1. The predicted octanol–water partition coefficient (Wildman–Crippen LogP) is 4.10. The van der Waals surface area contributed by atoms with Gasteiger partial charge in [0.1, 0.15) is 6.10 Å². The van der Waals surface area contributed by atoms with E-state index >= 15 is 0 Å². The molecule has 1 atom stereocenters. The summed E-state index contributed by atoms with van der Waals surface area (Å²) in [6.45, 7) is 12.1. The first-order chi connectivity index (χ1) is 18.2. The molecule has 0 radical (unpaired) electrons. The van der Waals surface area contributed by atoms with E-state index in [-0.39, 0.29) is 24.9 Å². The Balaban J connectivity index is 1.71. The highest BCUT2D eigenvalue weighted by Crippen LogP contribution is 2.34. The molecule has 0 amide bonds. The van der Waals surface area contributed by atoms with E-state index in [1.165, 1.54) is 0 Å². The zero-order valence-corrected chi connectivity index (χ0v) is 23.0. The van der Waals surface area contributed by atoms with E-state index in [0.29, 0.717) is 25.5 Å². The van der Waals surface area contributed by atoms with Crippen molar-refractivity contribution in [3.8, 4) is 22.9 Å². The molecule has 10 nitrogen and oxygen atoms in total. The van der Waals surface area contributed by atoms with Crippen LogP contribution in [0.2, 0.25) is 0 Å². The second-order valence-corrected chi connectivity index (χ2v) is 10.4. The van der Waals surface area contributed by atoms with Gasteiger partial charge >= 0.3 is 0 Å². The van der Waals surface area contributed by atoms with Crippen LogP contribution in [-0.2, 0) is 20.1 Å². The third-order valence-electron chi connectivity index (χ3n) is 6.81. The number of aromatic nitrogens is 6. The van der Waals surface area contributed by atoms with Crippen molar-refractivity contribution in [2.75, 3.05) is 13.2 Å². The zero-order chi connectivity index (χ0) is 27.0. The maximum Gasteiger partial charge on any atom is 0.240 e. The average molecular weight is 520 g/mol. The molecule has 0 spiro atoms. The van der Waals surface area contributed by atoms with E-state index in [2.05, 4.69) is 53.1 Å². The molecule has 4 heterocycles. The molecule has 2 bridgehead atoms. The number of fused-ring (bicyclic) bond motifs is 4. The fourth-order valence-electron chi connectivity index (χ4n) is 4.87. The van der Waals surface area contributed by atoms with Gasteiger partial charge in [0.05, 0.1) is 53.5 Å². The van der Waals surface area contributed by atoms with Gasteiger partial charge in [-0.2, -0.15) is 10.2 Å². The van der Waals surface area contributed by atoms with Gasteiger partial charge in [0.2, 0.25) is 11.8 Å². The molecule has 1 aliphatic rings. The molecule has 5 rings (SSSR count). The number of nitrogens with zero attached hydrogens (tertiary/aromatic N) is 6. The first-order valence-corrected chi connectivity index (χ1v) is 13.2. The Morgan fingerprint density at radius 2 is 2.03 bits per heavy atom. The topological polar surface area (TPSA) is 106 Å². The summed E-state index contributed by atoms with van der Waals surface area (Å²) in [5, 5.41) is 27.8. The lowest BCUT2D eigenvalue weighted by molar-refractivity contribution is 0.109. The van der Waals surface area contributed by atoms with Crippen molar-refractivity contribution in [2.45, 2.75) is 66.0 Å². The number of benzene rings is 1. The maximum absolute atomic E-state index is 9.81. The van der Waals surface area contributed by atoms with Crippen molar-refractivity contribution >= 4 is 23.1 Å². The third kappa shape index (κ3) is 5.06. The molecule has 0 saturated carbocycles. The Hall–Kier alpha value is -3.63. The van der Waals surface area contributed by atoms with Crippen LogP contribution in [0, 0.1) is 0 Å². The molecular formula is C28H37N7O3. The fourth-order valence-corrected chi connectivity index (χ4v) is 4.87. The van der Waals surface area contributed by atoms with Crippen LogP contribution in [0.5, 0.6) is 11.8 Å². The van der Waals surface area contributed by atoms with Gasteiger partial charge in [-0.15, -0.1) is 5.10 Å². The molecular weight excluding hydrogens is 482 g/mol. The zero-order valence-electron chi connectivity index (χ0n) is 23.0. The van der Waals surface area contributed by atoms with Gasteiger partial charge in [-0.3, -0.25) is 14.7 Å². The Labute approximate surface area is 222 Å². The van der Waals surface area contributed by atoms with Crippen LogP contribution in [0.15, 0.2) is 24.4 Å². The summed E-state index contributed by atoms with van der Waals surface area (Å²) in [7, 11) is 1.90. The van der Waals surface area contributed by atoms with Crippen molar-refractivity contribution in [1.82, 2.24) is 34.7 Å². The van der Waals surface area contributed by atoms with E-state index in [4.69, 9.17) is 14.6 Å². The molecule has 202 valence electrons. The Kier molecular flexibility index (Phi) is 7.27. The molecule has 1 aromatic carbocycles. The second-order valence-electron chi connectivity index (χ2n) is 10.4. The Bertz CT molecular complexity index is 1450. The highest BCUT2D eigenvalue weighted by Gasteiger charge is 2.25. The highest BCUT2D eigenvalue weighted by atomic mass is 16.5. The van der Waals surface area contributed by atoms with Crippen LogP contribution in [0.25, 0.3) is 34.2 Å². The minimum Gasteiger partial charge on any atom is -0.473 e. The van der Waals surface area contributed by atoms with Gasteiger partial charge in [-0.25, -0.2) is 4.68 Å². The number of aliphatic hydroxyl groups is 1. The van der Waals surface area contributed by atoms with Crippen LogP contribution in [0.4, 0.5) is 0 Å². The minimum atomic E-state index is -0.107. The normalized spacial score (nSPS) is 17.3. The summed E-state index contributed by atoms with van der Waals surface area (Å²) in [4.78, 5) is 2.36. The lowest BCUT2D eigenvalue weighted by atomic mass is 10.1. The number of aliphatic hydroxyl groups excluding tert-OH is 1. The molecule has 0 aliphatic carbocycles. The fraction of sp³-hybridized carbons (Fsp3) is 0.464. The van der Waals surface area contributed by atoms with Crippen LogP contribution in [-0.4, -0.2) is 71.2 Å². The van der Waals surface area contributed by atoms with Crippen LogP contribution in [0.1, 0.15) is 51.6 Å². The number of H-pyrrole nitrogens is 1. The van der Waals surface area contributed by atoms with Gasteiger partial charge in [-0.05, 0) is 64.5 Å². The summed E-state index contributed by atoms with van der Waals surface area (Å²) >= 11 is 0. The van der Waals surface area contributed by atoms with Gasteiger partial charge in [0.25, 0.3) is 0 Å². The number of rotatable bonds is 5. The van der Waals surface area contributed by atoms with Gasteiger partial charge in [-0.1, -0.05) is 6.07 Å². The quantitative estimate of drug-likeness (QED) is 0.409. The minimum absolute atomic E-state index is 0.0165. The number of hydrogen-bond donors (Lipinski definition) is 2. The first kappa shape index (κ1) is 26.0. The molecule has 0 fully saturated rings. The summed E-state index contributed by atoms with van der Waals surface area (Å²) in [5.41, 5.74) is 5.59. The second kappa shape index (κ2) is 10.6. The lowest BCUT2D eigenvalue weighted by Crippen LogP contribution is -2.39. The van der Waals surface area contributed by atoms with Crippen molar-refractivity contribution in [1.29, 1.82) is 0 Å². The lowest BCUT2D eigenvalue weighted by Gasteiger charge is -2.30. The number of nitrogens with one attached hydrogen (secondary N) is 1. The predicted molar refractivity (Wildman–Crippen MR) is 148 cm³/mol. The molecule has 2 N–H and O–H groups in total. The monoisotopic (exact) mass is 519 g/mol. The van der Waals surface area contributed by atoms with E-state index in [1.807, 2.05) is 50.0 Å². The number of ether oxygens (including phenoxy) is 2. The van der Waals surface area contributed by atoms with E-state index in [0.717, 1.165) is 44.9 Å². The molecule has 3 aromatic heterocycles. The summed E-state index contributed by atoms with van der Waals surface area (Å²) in [6, 6.07) is 6.42. The summed E-state index contributed by atoms with van der Waals surface area (Å²) in [5.74, 6) is 1.29. The number of hydrogen-bond acceptors (Lipinski definition) is 7. The summed E-state index contributed by atoms with van der Waals surface area (Å²) < 4.78 is 16.3. The molecule has 38 heavy (non-hydrogen) atoms. The SMILES string of the molecule is CC(C)Oc1nn(CCO)c2c1/C=C/c1[nH]nc3ccc(cc13)-c1cnn(C)c1O[C@H](C)CN(C(C)C)C2. The maximum atomic E-state index is 9.81. The van der Waals surface area contributed by atoms with Gasteiger partial charge in [0.15, 0.2) is 0 Å². The van der Waals surface area contributed by atoms with E-state index < -0.39 is 0 Å². The summed E-state index contributed by atoms with van der Waals surface area (Å²) in [6.07, 6.45) is 5.77. The van der Waals surface area contributed by atoms with E-state index in [1.54, 1.807) is 4.68 Å². The smallest absolute Gasteiger partial charge is 0.240 e. The van der Waals surface area contributed by atoms with Crippen LogP contribution >= 0.6 is 0 Å². The Morgan fingerprint density at radius 1 is 1.21 bits per heavy atom. The molecule has 1 aliphatic heterocycles. The van der Waals surface area contributed by atoms with Crippen molar-refractivity contribution in [2.24, 2.45) is 7.05 Å². The van der Waals surface area contributed by atoms with Crippen molar-refractivity contribution in [3.05, 3.63) is 41.3 Å². The average Bonchev–Trinajstić information content (AvgIpc) is 3.52. The molecule has 0 saturated heterocycles. The molecule has 0 unspecified atom stereocenters. The van der Waals surface area contributed by atoms with Crippen molar-refractivity contribution in [3.63, 3.8) is 0 Å². The largest absolute Gasteiger partial charge is 0.473 e. The van der Waals surface area contributed by atoms with E-state index in [9.17, 15) is 5.11 Å². The van der Waals surface area contributed by atoms with Crippen LogP contribution in [0.3, 0.4) is 0 Å². The molecule has 4 aromatic rings. The highest BCUT2D eigenvalue weighted by molar-refractivity contribution is 5.93. The standard InChI is InChI=1S/C28H37N7O3/c1-17(2)34-15-19(5)38-28-23(14-29-33(28)6)20-7-9-24-22(13-20)25(31-30-24)10-8-21-26(16-34)35(11-12-36)32-27(21)37-18(3)4/h7-10,13-14,17-19,36H,11-12,15-16H2,1-6H3,(H,30,31)/b10-8+/t19-/m1/s1. The molecule has 10 heteroatoms. The van der Waals surface area contributed by atoms with Gasteiger partial charge in [0, 0.05) is 31.6 Å². The number of aryl methyl sites for hydroxylation is 1. The van der Waals surface area contributed by atoms with Crippen molar-refractivity contribution < 1.29 is 14.6 Å². The van der Waals surface area contributed by atoms with Crippen LogP contribution < -0.4 is 9.47 Å². The third-order valence-corrected chi connectivity index (χ3v) is 6.81.